The molecule has 2 aliphatic rings. The normalized spacial score (nSPS) is 17.5. The van der Waals surface area contributed by atoms with Gasteiger partial charge in [-0.05, 0) is 42.9 Å². The third-order valence-electron chi connectivity index (χ3n) is 3.97. The van der Waals surface area contributed by atoms with E-state index in [1.54, 1.807) is 17.6 Å². The van der Waals surface area contributed by atoms with Gasteiger partial charge < -0.3 is 0 Å². The fraction of sp³-hybridized carbons (Fsp3) is 0.211. The summed E-state index contributed by atoms with van der Waals surface area (Å²) in [5.41, 5.74) is 2.73. The highest BCUT2D eigenvalue weighted by molar-refractivity contribution is 8.16. The van der Waals surface area contributed by atoms with E-state index < -0.39 is 0 Å². The molecule has 3 rings (SSSR count). The standard InChI is InChI=1S/C19H18N2O2S/c1-3-24-13(2)20-12-14-7-6-8-15(11-14)21-18(22)16-9-4-5-10-17(16)19(21)23/h3-4,6-9,11H,1,5,10,12H2,2H3. The number of aliphatic imine (C=N–C) groups is 1. The number of carbonyl (C=O) groups is 2. The molecule has 5 heteroatoms. The van der Waals surface area contributed by atoms with Crippen molar-refractivity contribution in [2.24, 2.45) is 4.99 Å². The molecule has 2 amide bonds. The first-order valence-electron chi connectivity index (χ1n) is 7.78. The van der Waals surface area contributed by atoms with Crippen molar-refractivity contribution in [2.75, 3.05) is 4.90 Å². The van der Waals surface area contributed by atoms with Crippen LogP contribution in [0, 0.1) is 0 Å². The number of carbonyl (C=O) groups excluding carboxylic acids is 2. The van der Waals surface area contributed by atoms with E-state index in [-0.39, 0.29) is 11.8 Å². The summed E-state index contributed by atoms with van der Waals surface area (Å²) in [6.45, 7) is 6.09. The lowest BCUT2D eigenvalue weighted by Crippen LogP contribution is -2.31. The van der Waals surface area contributed by atoms with Gasteiger partial charge in [-0.1, -0.05) is 42.6 Å². The molecule has 0 radical (unpaired) electrons. The molecule has 122 valence electrons. The lowest BCUT2D eigenvalue weighted by atomic mass is 10.00. The van der Waals surface area contributed by atoms with Crippen LogP contribution in [0.3, 0.4) is 0 Å². The van der Waals surface area contributed by atoms with Gasteiger partial charge in [0.05, 0.1) is 17.3 Å². The monoisotopic (exact) mass is 338 g/mol. The molecule has 0 unspecified atom stereocenters. The average Bonchev–Trinajstić information content (AvgIpc) is 2.85. The second kappa shape index (κ2) is 7.01. The number of anilines is 1. The quantitative estimate of drug-likeness (QED) is 0.474. The van der Waals surface area contributed by atoms with Crippen molar-refractivity contribution in [3.05, 3.63) is 65.1 Å². The molecule has 0 bridgehead atoms. The van der Waals surface area contributed by atoms with Crippen LogP contribution < -0.4 is 4.90 Å². The Hall–Kier alpha value is -2.40. The molecule has 0 saturated carbocycles. The molecule has 0 aromatic heterocycles. The number of amides is 2. The zero-order valence-corrected chi connectivity index (χ0v) is 14.3. The van der Waals surface area contributed by atoms with Crippen molar-refractivity contribution >= 4 is 34.3 Å². The summed E-state index contributed by atoms with van der Waals surface area (Å²) in [6.07, 6.45) is 5.15. The minimum Gasteiger partial charge on any atom is -0.278 e. The minimum absolute atomic E-state index is 0.196. The first-order chi connectivity index (χ1) is 11.6. The molecular weight excluding hydrogens is 320 g/mol. The summed E-state index contributed by atoms with van der Waals surface area (Å²) < 4.78 is 0. The SMILES string of the molecule is C=CSC(C)=NCc1cccc(N2C(=O)C3=C(CCC=C3)C2=O)c1. The molecule has 24 heavy (non-hydrogen) atoms. The molecule has 4 nitrogen and oxygen atoms in total. The molecule has 0 spiro atoms. The van der Waals surface area contributed by atoms with Gasteiger partial charge in [0.25, 0.3) is 11.8 Å². The smallest absolute Gasteiger partial charge is 0.265 e. The van der Waals surface area contributed by atoms with Crippen LogP contribution in [0.25, 0.3) is 0 Å². The summed E-state index contributed by atoms with van der Waals surface area (Å²) in [7, 11) is 0. The topological polar surface area (TPSA) is 49.7 Å². The Morgan fingerprint density at radius 2 is 2.21 bits per heavy atom. The van der Waals surface area contributed by atoms with E-state index in [2.05, 4.69) is 11.6 Å². The zero-order chi connectivity index (χ0) is 17.1. The van der Waals surface area contributed by atoms with Crippen LogP contribution in [-0.2, 0) is 16.1 Å². The maximum atomic E-state index is 12.6. The van der Waals surface area contributed by atoms with Crippen LogP contribution in [0.4, 0.5) is 5.69 Å². The predicted octanol–water partition coefficient (Wildman–Crippen LogP) is 4.00. The Kier molecular flexibility index (Phi) is 4.81. The van der Waals surface area contributed by atoms with E-state index in [1.807, 2.05) is 31.2 Å². The van der Waals surface area contributed by atoms with Crippen LogP contribution >= 0.6 is 11.8 Å². The van der Waals surface area contributed by atoms with Gasteiger partial charge in [0.2, 0.25) is 0 Å². The molecule has 1 aliphatic heterocycles. The van der Waals surface area contributed by atoms with Gasteiger partial charge in [0.15, 0.2) is 0 Å². The Labute approximate surface area is 145 Å². The highest BCUT2D eigenvalue weighted by Gasteiger charge is 2.38. The van der Waals surface area contributed by atoms with Crippen LogP contribution in [0.15, 0.2) is 64.5 Å². The molecule has 1 aromatic rings. The lowest BCUT2D eigenvalue weighted by Gasteiger charge is -2.15. The van der Waals surface area contributed by atoms with Gasteiger partial charge >= 0.3 is 0 Å². The predicted molar refractivity (Wildman–Crippen MR) is 98.9 cm³/mol. The van der Waals surface area contributed by atoms with Crippen molar-refractivity contribution in [3.63, 3.8) is 0 Å². The van der Waals surface area contributed by atoms with Crippen LogP contribution in [0.1, 0.15) is 25.3 Å². The summed E-state index contributed by atoms with van der Waals surface area (Å²) in [5, 5.41) is 2.66. The van der Waals surface area contributed by atoms with E-state index in [1.165, 1.54) is 16.7 Å². The first kappa shape index (κ1) is 16.5. The van der Waals surface area contributed by atoms with Gasteiger partial charge in [-0.3, -0.25) is 14.6 Å². The van der Waals surface area contributed by atoms with Crippen molar-refractivity contribution in [2.45, 2.75) is 26.3 Å². The summed E-state index contributed by atoms with van der Waals surface area (Å²) in [5.74, 6) is -0.427. The maximum Gasteiger partial charge on any atom is 0.265 e. The Balaban J connectivity index is 1.84. The van der Waals surface area contributed by atoms with Crippen LogP contribution in [0.5, 0.6) is 0 Å². The van der Waals surface area contributed by atoms with Gasteiger partial charge in [0.1, 0.15) is 0 Å². The minimum atomic E-state index is -0.231. The highest BCUT2D eigenvalue weighted by atomic mass is 32.2. The number of hydrogen-bond donors (Lipinski definition) is 0. The molecule has 0 saturated heterocycles. The van der Waals surface area contributed by atoms with E-state index >= 15 is 0 Å². The second-order valence-electron chi connectivity index (χ2n) is 5.57. The zero-order valence-electron chi connectivity index (χ0n) is 13.5. The Morgan fingerprint density at radius 3 is 2.96 bits per heavy atom. The van der Waals surface area contributed by atoms with Crippen molar-refractivity contribution in [1.82, 2.24) is 0 Å². The molecule has 1 aromatic carbocycles. The van der Waals surface area contributed by atoms with E-state index in [0.29, 0.717) is 29.8 Å². The van der Waals surface area contributed by atoms with Gasteiger partial charge in [-0.15, -0.1) is 0 Å². The molecule has 0 fully saturated rings. The van der Waals surface area contributed by atoms with Crippen molar-refractivity contribution in [3.8, 4) is 0 Å². The number of hydrogen-bond acceptors (Lipinski definition) is 4. The number of rotatable bonds is 4. The molecule has 0 atom stereocenters. The number of benzene rings is 1. The molecule has 1 heterocycles. The molecule has 0 N–H and O–H groups in total. The summed E-state index contributed by atoms with van der Waals surface area (Å²) in [4.78, 5) is 30.9. The first-order valence-corrected chi connectivity index (χ1v) is 8.66. The molecule has 1 aliphatic carbocycles. The second-order valence-corrected chi connectivity index (χ2v) is 6.73. The van der Waals surface area contributed by atoms with Crippen molar-refractivity contribution < 1.29 is 9.59 Å². The van der Waals surface area contributed by atoms with Crippen LogP contribution in [0.2, 0.25) is 0 Å². The number of nitrogens with zero attached hydrogens (tertiary/aromatic N) is 2. The maximum absolute atomic E-state index is 12.6. The average molecular weight is 338 g/mol. The van der Waals surface area contributed by atoms with Gasteiger partial charge in [0, 0.05) is 11.1 Å². The largest absolute Gasteiger partial charge is 0.278 e. The van der Waals surface area contributed by atoms with E-state index in [4.69, 9.17) is 0 Å². The number of allylic oxidation sites excluding steroid dienone is 1. The lowest BCUT2D eigenvalue weighted by molar-refractivity contribution is -0.120. The van der Waals surface area contributed by atoms with Gasteiger partial charge in [-0.25, -0.2) is 4.90 Å². The number of imide groups is 1. The fourth-order valence-electron chi connectivity index (χ4n) is 2.82. The number of thioether (sulfide) groups is 1. The van der Waals surface area contributed by atoms with E-state index in [0.717, 1.165) is 17.0 Å². The van der Waals surface area contributed by atoms with Crippen molar-refractivity contribution in [1.29, 1.82) is 0 Å². The molecular formula is C19H18N2O2S. The fourth-order valence-corrected chi connectivity index (χ4v) is 3.20. The van der Waals surface area contributed by atoms with Gasteiger partial charge in [-0.2, -0.15) is 0 Å². The summed E-state index contributed by atoms with van der Waals surface area (Å²) in [6, 6.07) is 7.44. The van der Waals surface area contributed by atoms with Crippen LogP contribution in [-0.4, -0.2) is 16.9 Å². The third-order valence-corrected chi connectivity index (χ3v) is 4.61. The highest BCUT2D eigenvalue weighted by Crippen LogP contribution is 2.32. The summed E-state index contributed by atoms with van der Waals surface area (Å²) >= 11 is 1.48. The van der Waals surface area contributed by atoms with E-state index in [9.17, 15) is 9.59 Å². The Morgan fingerprint density at radius 1 is 1.38 bits per heavy atom. The Bertz CT molecular complexity index is 805. The third kappa shape index (κ3) is 3.12.